The molecular weight excluding hydrogens is 290 g/mol. The smallest absolute Gasteiger partial charge is 0.311 e. The number of nitrogens with one attached hydrogen (secondary N) is 1. The van der Waals surface area contributed by atoms with E-state index in [4.69, 9.17) is 5.73 Å². The summed E-state index contributed by atoms with van der Waals surface area (Å²) in [5.41, 5.74) is 5.33. The number of aromatic nitrogens is 1. The number of thiazole rings is 1. The number of carbonyl (C=O) groups excluding carboxylic acids is 1. The van der Waals surface area contributed by atoms with Gasteiger partial charge in [0.25, 0.3) is 0 Å². The molecule has 1 saturated carbocycles. The molecule has 7 heteroatoms. The van der Waals surface area contributed by atoms with Crippen LogP contribution in [-0.2, 0) is 16.0 Å². The molecule has 2 rings (SSSR count). The first kappa shape index (κ1) is 15.8. The lowest BCUT2D eigenvalue weighted by atomic mass is 9.80. The van der Waals surface area contributed by atoms with E-state index in [9.17, 15) is 14.7 Å². The van der Waals surface area contributed by atoms with Crippen LogP contribution in [0.2, 0.25) is 0 Å². The first-order valence-corrected chi connectivity index (χ1v) is 8.10. The molecule has 1 fully saturated rings. The lowest BCUT2D eigenvalue weighted by Gasteiger charge is -2.28. The third-order valence-corrected chi connectivity index (χ3v) is 4.77. The van der Waals surface area contributed by atoms with Crippen molar-refractivity contribution in [3.63, 3.8) is 0 Å². The van der Waals surface area contributed by atoms with Crippen LogP contribution < -0.4 is 11.1 Å². The molecule has 0 spiro atoms. The van der Waals surface area contributed by atoms with Gasteiger partial charge in [0, 0.05) is 11.9 Å². The molecule has 1 aromatic rings. The zero-order valence-electron chi connectivity index (χ0n) is 11.9. The Hall–Kier alpha value is -1.63. The minimum absolute atomic E-state index is 0.142. The van der Waals surface area contributed by atoms with E-state index in [1.165, 1.54) is 11.3 Å². The molecule has 1 heterocycles. The Morgan fingerprint density at radius 3 is 2.52 bits per heavy atom. The second-order valence-electron chi connectivity index (χ2n) is 5.63. The van der Waals surface area contributed by atoms with Crippen molar-refractivity contribution in [2.75, 3.05) is 12.3 Å². The lowest BCUT2D eigenvalue weighted by molar-refractivity contribution is -0.149. The minimum atomic E-state index is -0.812. The van der Waals surface area contributed by atoms with Crippen molar-refractivity contribution in [2.24, 2.45) is 5.41 Å². The highest BCUT2D eigenvalue weighted by atomic mass is 32.1. The van der Waals surface area contributed by atoms with E-state index in [1.807, 2.05) is 0 Å². The standard InChI is InChI=1S/C14H21N3O3S/c15-13-17-10(8-21-13)7-11(18)16-9-14(12(19)20)5-3-1-2-4-6-14/h8H,1-7,9H2,(H2,15,17)(H,16,18)(H,19,20). The van der Waals surface area contributed by atoms with E-state index in [0.29, 0.717) is 23.7 Å². The van der Waals surface area contributed by atoms with Crippen molar-refractivity contribution in [3.8, 4) is 0 Å². The van der Waals surface area contributed by atoms with Crippen molar-refractivity contribution < 1.29 is 14.7 Å². The summed E-state index contributed by atoms with van der Waals surface area (Å²) in [5, 5.41) is 14.5. The highest BCUT2D eigenvalue weighted by Gasteiger charge is 2.38. The molecule has 4 N–H and O–H groups in total. The molecule has 0 aromatic carbocycles. The summed E-state index contributed by atoms with van der Waals surface area (Å²) in [6.45, 7) is 0.195. The van der Waals surface area contributed by atoms with E-state index in [1.54, 1.807) is 5.38 Å². The van der Waals surface area contributed by atoms with Gasteiger partial charge in [-0.1, -0.05) is 25.7 Å². The number of anilines is 1. The molecule has 0 aliphatic heterocycles. The summed E-state index contributed by atoms with van der Waals surface area (Å²) in [5.74, 6) is -1.01. The predicted octanol–water partition coefficient (Wildman–Crippen LogP) is 1.81. The molecule has 0 unspecified atom stereocenters. The van der Waals surface area contributed by atoms with Crippen LogP contribution in [0.15, 0.2) is 5.38 Å². The number of aliphatic carboxylic acids is 1. The van der Waals surface area contributed by atoms with Gasteiger partial charge in [-0.25, -0.2) is 4.98 Å². The van der Waals surface area contributed by atoms with Crippen molar-refractivity contribution in [1.82, 2.24) is 10.3 Å². The number of rotatable bonds is 5. The van der Waals surface area contributed by atoms with E-state index in [0.717, 1.165) is 25.7 Å². The van der Waals surface area contributed by atoms with Crippen LogP contribution in [0, 0.1) is 5.41 Å². The SMILES string of the molecule is Nc1nc(CC(=O)NCC2(C(=O)O)CCCCCC2)cs1. The molecule has 1 aliphatic carbocycles. The zero-order chi connectivity index (χ0) is 15.3. The summed E-state index contributed by atoms with van der Waals surface area (Å²) in [4.78, 5) is 27.6. The minimum Gasteiger partial charge on any atom is -0.481 e. The van der Waals surface area contributed by atoms with Gasteiger partial charge < -0.3 is 16.2 Å². The maximum atomic E-state index is 11.9. The van der Waals surface area contributed by atoms with Crippen molar-refractivity contribution >= 4 is 28.3 Å². The molecule has 6 nitrogen and oxygen atoms in total. The number of carboxylic acids is 1. The number of hydrogen-bond acceptors (Lipinski definition) is 5. The van der Waals surface area contributed by atoms with Gasteiger partial charge in [0.2, 0.25) is 5.91 Å². The second-order valence-corrected chi connectivity index (χ2v) is 6.52. The van der Waals surface area contributed by atoms with Gasteiger partial charge >= 0.3 is 5.97 Å². The fourth-order valence-corrected chi connectivity index (χ4v) is 3.33. The van der Waals surface area contributed by atoms with Crippen LogP contribution in [0.5, 0.6) is 0 Å². The molecule has 116 valence electrons. The van der Waals surface area contributed by atoms with Crippen LogP contribution in [0.4, 0.5) is 5.13 Å². The van der Waals surface area contributed by atoms with Crippen molar-refractivity contribution in [3.05, 3.63) is 11.1 Å². The fraction of sp³-hybridized carbons (Fsp3) is 0.643. The Labute approximate surface area is 127 Å². The zero-order valence-corrected chi connectivity index (χ0v) is 12.7. The summed E-state index contributed by atoms with van der Waals surface area (Å²) >= 11 is 1.29. The Morgan fingerprint density at radius 1 is 1.33 bits per heavy atom. The largest absolute Gasteiger partial charge is 0.481 e. The molecule has 0 atom stereocenters. The van der Waals surface area contributed by atoms with Crippen LogP contribution in [0.25, 0.3) is 0 Å². The normalized spacial score (nSPS) is 17.9. The summed E-state index contributed by atoms with van der Waals surface area (Å²) in [6, 6.07) is 0. The van der Waals surface area contributed by atoms with Gasteiger partial charge in [0.1, 0.15) is 0 Å². The molecule has 0 radical (unpaired) electrons. The van der Waals surface area contributed by atoms with E-state index in [2.05, 4.69) is 10.3 Å². The third kappa shape index (κ3) is 4.17. The number of nitrogens with zero attached hydrogens (tertiary/aromatic N) is 1. The number of carbonyl (C=O) groups is 2. The van der Waals surface area contributed by atoms with Gasteiger partial charge in [0.05, 0.1) is 17.5 Å². The Bertz CT molecular complexity index is 507. The third-order valence-electron chi connectivity index (χ3n) is 4.05. The van der Waals surface area contributed by atoms with E-state index >= 15 is 0 Å². The molecule has 0 saturated heterocycles. The maximum absolute atomic E-state index is 11.9. The molecule has 1 aliphatic rings. The first-order chi connectivity index (χ1) is 10.0. The summed E-state index contributed by atoms with van der Waals surface area (Å²) < 4.78 is 0. The monoisotopic (exact) mass is 311 g/mol. The second kappa shape index (κ2) is 6.89. The summed E-state index contributed by atoms with van der Waals surface area (Å²) in [7, 11) is 0. The predicted molar refractivity (Wildman–Crippen MR) is 81.0 cm³/mol. The quantitative estimate of drug-likeness (QED) is 0.719. The first-order valence-electron chi connectivity index (χ1n) is 7.22. The number of hydrogen-bond donors (Lipinski definition) is 3. The van der Waals surface area contributed by atoms with Gasteiger partial charge in [-0.15, -0.1) is 11.3 Å². The highest BCUT2D eigenvalue weighted by Crippen LogP contribution is 2.34. The van der Waals surface area contributed by atoms with Crippen LogP contribution in [0.1, 0.15) is 44.2 Å². The average Bonchev–Trinajstić information content (AvgIpc) is 2.71. The maximum Gasteiger partial charge on any atom is 0.311 e. The molecule has 0 bridgehead atoms. The molecule has 21 heavy (non-hydrogen) atoms. The lowest BCUT2D eigenvalue weighted by Crippen LogP contribution is -2.43. The Morgan fingerprint density at radius 2 is 2.00 bits per heavy atom. The van der Waals surface area contributed by atoms with Crippen LogP contribution >= 0.6 is 11.3 Å². The molecular formula is C14H21N3O3S. The Kier molecular flexibility index (Phi) is 5.17. The van der Waals surface area contributed by atoms with E-state index in [-0.39, 0.29) is 18.9 Å². The highest BCUT2D eigenvalue weighted by molar-refractivity contribution is 7.13. The van der Waals surface area contributed by atoms with Gasteiger partial charge in [0.15, 0.2) is 5.13 Å². The van der Waals surface area contributed by atoms with Gasteiger partial charge in [-0.2, -0.15) is 0 Å². The molecule has 1 amide bonds. The average molecular weight is 311 g/mol. The van der Waals surface area contributed by atoms with E-state index < -0.39 is 11.4 Å². The molecule has 1 aromatic heterocycles. The van der Waals surface area contributed by atoms with Crippen LogP contribution in [0.3, 0.4) is 0 Å². The fourth-order valence-electron chi connectivity index (χ4n) is 2.77. The van der Waals surface area contributed by atoms with Gasteiger partial charge in [-0.05, 0) is 12.8 Å². The van der Waals surface area contributed by atoms with Gasteiger partial charge in [-0.3, -0.25) is 9.59 Å². The van der Waals surface area contributed by atoms with Crippen molar-refractivity contribution in [1.29, 1.82) is 0 Å². The number of carboxylic acid groups (broad SMARTS) is 1. The summed E-state index contributed by atoms with van der Waals surface area (Å²) in [6.07, 6.45) is 5.36. The van der Waals surface area contributed by atoms with Crippen LogP contribution in [-0.4, -0.2) is 28.5 Å². The Balaban J connectivity index is 1.92. The number of nitrogens with two attached hydrogens (primary N) is 1. The topological polar surface area (TPSA) is 105 Å². The van der Waals surface area contributed by atoms with Crippen molar-refractivity contribution in [2.45, 2.75) is 44.9 Å². The number of amides is 1. The number of nitrogen functional groups attached to an aromatic ring is 1.